The molecule has 1 amide bonds. The Balaban J connectivity index is 2.30. The number of alkyl halides is 1. The molecule has 0 unspecified atom stereocenters. The summed E-state index contributed by atoms with van der Waals surface area (Å²) < 4.78 is 0. The molecule has 0 heterocycles. The van der Waals surface area contributed by atoms with Crippen LogP contribution in [-0.4, -0.2) is 18.3 Å². The Morgan fingerprint density at radius 2 is 2.07 bits per heavy atom. The van der Waals surface area contributed by atoms with E-state index in [4.69, 9.17) is 11.6 Å². The van der Waals surface area contributed by atoms with Gasteiger partial charge < -0.3 is 5.32 Å². The molecule has 0 atom stereocenters. The van der Waals surface area contributed by atoms with E-state index in [9.17, 15) is 4.79 Å². The lowest BCUT2D eigenvalue weighted by Gasteiger charge is -2.27. The second-order valence-electron chi connectivity index (χ2n) is 4.28. The van der Waals surface area contributed by atoms with Gasteiger partial charge in [0.1, 0.15) is 0 Å². The molecule has 0 aromatic carbocycles. The van der Waals surface area contributed by atoms with Crippen molar-refractivity contribution in [2.24, 2.45) is 5.41 Å². The number of carbonyl (C=O) groups is 1. The summed E-state index contributed by atoms with van der Waals surface area (Å²) in [6.07, 6.45) is 6.79. The summed E-state index contributed by atoms with van der Waals surface area (Å²) in [6, 6.07) is 0. The van der Waals surface area contributed by atoms with E-state index in [0.717, 1.165) is 6.54 Å². The van der Waals surface area contributed by atoms with Crippen molar-refractivity contribution in [3.05, 3.63) is 0 Å². The number of amides is 1. The second kappa shape index (κ2) is 5.59. The van der Waals surface area contributed by atoms with Crippen molar-refractivity contribution in [1.29, 1.82) is 0 Å². The van der Waals surface area contributed by atoms with Crippen LogP contribution >= 0.6 is 11.6 Å². The van der Waals surface area contributed by atoms with Crippen molar-refractivity contribution in [2.75, 3.05) is 12.4 Å². The van der Waals surface area contributed by atoms with Crippen LogP contribution in [0.2, 0.25) is 0 Å². The molecule has 1 fully saturated rings. The maximum Gasteiger partial charge on any atom is 0.221 e. The van der Waals surface area contributed by atoms with Gasteiger partial charge in [-0.2, -0.15) is 0 Å². The van der Waals surface area contributed by atoms with Crippen molar-refractivity contribution < 1.29 is 4.79 Å². The van der Waals surface area contributed by atoms with Gasteiger partial charge in [-0.25, -0.2) is 0 Å². The summed E-state index contributed by atoms with van der Waals surface area (Å²) >= 11 is 5.50. The molecule has 1 aliphatic carbocycles. The van der Waals surface area contributed by atoms with Gasteiger partial charge in [0.25, 0.3) is 0 Å². The Morgan fingerprint density at radius 3 is 2.57 bits per heavy atom. The molecule has 0 radical (unpaired) electrons. The summed E-state index contributed by atoms with van der Waals surface area (Å²) in [5, 5.41) is 2.99. The molecule has 0 aromatic rings. The molecule has 2 nitrogen and oxygen atoms in total. The van der Waals surface area contributed by atoms with Crippen LogP contribution in [0.3, 0.4) is 0 Å². The van der Waals surface area contributed by atoms with Crippen molar-refractivity contribution in [1.82, 2.24) is 5.32 Å². The second-order valence-corrected chi connectivity index (χ2v) is 4.65. The molecule has 1 aliphatic rings. The number of rotatable bonds is 5. The number of hydrogen-bond donors (Lipinski definition) is 1. The highest BCUT2D eigenvalue weighted by Gasteiger charge is 2.31. The lowest BCUT2D eigenvalue weighted by molar-refractivity contribution is -0.121. The Labute approximate surface area is 91.4 Å². The third kappa shape index (κ3) is 3.16. The first-order chi connectivity index (χ1) is 6.72. The average molecular weight is 218 g/mol. The van der Waals surface area contributed by atoms with E-state index >= 15 is 0 Å². The lowest BCUT2D eigenvalue weighted by atomic mass is 9.83. The normalized spacial score (nSPS) is 19.6. The third-order valence-electron chi connectivity index (χ3n) is 3.40. The van der Waals surface area contributed by atoms with Gasteiger partial charge in [0, 0.05) is 18.8 Å². The van der Waals surface area contributed by atoms with E-state index in [0.29, 0.717) is 17.7 Å². The van der Waals surface area contributed by atoms with Gasteiger partial charge in [-0.3, -0.25) is 4.79 Å². The predicted molar refractivity (Wildman–Crippen MR) is 59.5 cm³/mol. The van der Waals surface area contributed by atoms with Crippen LogP contribution in [0, 0.1) is 5.41 Å². The SMILES string of the molecule is CCC1(CNC(=O)CCCl)CCCC1. The maximum atomic E-state index is 11.3. The van der Waals surface area contributed by atoms with Gasteiger partial charge in [-0.1, -0.05) is 19.8 Å². The van der Waals surface area contributed by atoms with Crippen molar-refractivity contribution in [3.8, 4) is 0 Å². The van der Waals surface area contributed by atoms with Crippen molar-refractivity contribution in [2.45, 2.75) is 45.4 Å². The van der Waals surface area contributed by atoms with Gasteiger partial charge in [-0.15, -0.1) is 11.6 Å². The van der Waals surface area contributed by atoms with Crippen molar-refractivity contribution >= 4 is 17.5 Å². The number of hydrogen-bond acceptors (Lipinski definition) is 1. The fraction of sp³-hybridized carbons (Fsp3) is 0.909. The van der Waals surface area contributed by atoms with E-state index in [2.05, 4.69) is 12.2 Å². The third-order valence-corrected chi connectivity index (χ3v) is 3.59. The van der Waals surface area contributed by atoms with Crippen LogP contribution in [0.5, 0.6) is 0 Å². The Bertz CT molecular complexity index is 188. The van der Waals surface area contributed by atoms with Crippen molar-refractivity contribution in [3.63, 3.8) is 0 Å². The molecular formula is C11H20ClNO. The molecule has 1 N–H and O–H groups in total. The average Bonchev–Trinajstić information content (AvgIpc) is 2.65. The first-order valence-corrected chi connectivity index (χ1v) is 6.08. The smallest absolute Gasteiger partial charge is 0.221 e. The largest absolute Gasteiger partial charge is 0.356 e. The lowest BCUT2D eigenvalue weighted by Crippen LogP contribution is -2.35. The standard InChI is InChI=1S/C11H20ClNO/c1-2-11(6-3-4-7-11)9-13-10(14)5-8-12/h2-9H2,1H3,(H,13,14). The fourth-order valence-electron chi connectivity index (χ4n) is 2.24. The summed E-state index contributed by atoms with van der Waals surface area (Å²) in [7, 11) is 0. The van der Waals surface area contributed by atoms with Crippen LogP contribution in [0.25, 0.3) is 0 Å². The first-order valence-electron chi connectivity index (χ1n) is 5.55. The summed E-state index contributed by atoms with van der Waals surface area (Å²) in [6.45, 7) is 3.07. The monoisotopic (exact) mass is 217 g/mol. The quantitative estimate of drug-likeness (QED) is 0.705. The number of nitrogens with one attached hydrogen (secondary N) is 1. The highest BCUT2D eigenvalue weighted by Crippen LogP contribution is 2.40. The van der Waals surface area contributed by atoms with Crippen LogP contribution in [0.4, 0.5) is 0 Å². The molecule has 0 spiro atoms. The molecule has 0 aromatic heterocycles. The topological polar surface area (TPSA) is 29.1 Å². The van der Waals surface area contributed by atoms with Crippen LogP contribution in [0.15, 0.2) is 0 Å². The van der Waals surface area contributed by atoms with E-state index in [1.54, 1.807) is 0 Å². The van der Waals surface area contributed by atoms with E-state index < -0.39 is 0 Å². The maximum absolute atomic E-state index is 11.3. The molecule has 14 heavy (non-hydrogen) atoms. The molecule has 82 valence electrons. The predicted octanol–water partition coefficient (Wildman–Crippen LogP) is 2.70. The van der Waals surface area contributed by atoms with Gasteiger partial charge in [0.05, 0.1) is 0 Å². The van der Waals surface area contributed by atoms with Gasteiger partial charge in [0.2, 0.25) is 5.91 Å². The van der Waals surface area contributed by atoms with Crippen LogP contribution < -0.4 is 5.32 Å². The molecule has 0 bridgehead atoms. The minimum absolute atomic E-state index is 0.0970. The van der Waals surface area contributed by atoms with Crippen LogP contribution in [-0.2, 0) is 4.79 Å². The van der Waals surface area contributed by atoms with Gasteiger partial charge >= 0.3 is 0 Å². The summed E-state index contributed by atoms with van der Waals surface area (Å²) in [5.41, 5.74) is 0.391. The van der Waals surface area contributed by atoms with E-state index in [-0.39, 0.29) is 5.91 Å². The Kier molecular flexibility index (Phi) is 4.73. The van der Waals surface area contributed by atoms with E-state index in [1.807, 2.05) is 0 Å². The molecule has 3 heteroatoms. The molecule has 1 rings (SSSR count). The zero-order valence-electron chi connectivity index (χ0n) is 8.94. The molecule has 0 aliphatic heterocycles. The highest BCUT2D eigenvalue weighted by atomic mass is 35.5. The Hall–Kier alpha value is -0.240. The zero-order valence-corrected chi connectivity index (χ0v) is 9.70. The summed E-state index contributed by atoms with van der Waals surface area (Å²) in [4.78, 5) is 11.3. The van der Waals surface area contributed by atoms with Crippen LogP contribution in [0.1, 0.15) is 45.4 Å². The molecular weight excluding hydrogens is 198 g/mol. The fourth-order valence-corrected chi connectivity index (χ4v) is 2.41. The van der Waals surface area contributed by atoms with Gasteiger partial charge in [0.15, 0.2) is 0 Å². The minimum atomic E-state index is 0.0970. The zero-order chi connectivity index (χ0) is 10.4. The van der Waals surface area contributed by atoms with Gasteiger partial charge in [-0.05, 0) is 24.7 Å². The number of halogens is 1. The Morgan fingerprint density at radius 1 is 1.43 bits per heavy atom. The molecule has 1 saturated carbocycles. The number of carbonyl (C=O) groups excluding carboxylic acids is 1. The summed E-state index contributed by atoms with van der Waals surface area (Å²) in [5.74, 6) is 0.519. The first kappa shape index (κ1) is 11.8. The highest BCUT2D eigenvalue weighted by molar-refractivity contribution is 6.18. The molecule has 0 saturated heterocycles. The van der Waals surface area contributed by atoms with E-state index in [1.165, 1.54) is 32.1 Å². The minimum Gasteiger partial charge on any atom is -0.356 e.